The number of hydrogen-bond acceptors (Lipinski definition) is 9. The van der Waals surface area contributed by atoms with E-state index >= 15 is 0 Å². The molecule has 2 rings (SSSR count). The molecule has 18 heteroatoms. The second-order valence-electron chi connectivity index (χ2n) is 12.2. The first kappa shape index (κ1) is 38.7. The number of carbonyl (C=O) groups is 7. The number of aliphatic imine (C=N–C) groups is 1. The topological polar surface area (TPSA) is 294 Å². The van der Waals surface area contributed by atoms with Crippen LogP contribution in [0.4, 0.5) is 0 Å². The molecule has 0 aromatic rings. The summed E-state index contributed by atoms with van der Waals surface area (Å²) in [4.78, 5) is 97.0. The molecular formula is C29H50N10O8. The van der Waals surface area contributed by atoms with Gasteiger partial charge in [0.1, 0.15) is 30.2 Å². The molecule has 12 N–H and O–H groups in total. The minimum atomic E-state index is -1.52. The number of hydrogen-bond donors (Lipinski definition) is 9. The van der Waals surface area contributed by atoms with Gasteiger partial charge < -0.3 is 53.8 Å². The minimum absolute atomic E-state index is 0.0526. The lowest BCUT2D eigenvalue weighted by molar-refractivity contribution is -0.146. The second-order valence-corrected chi connectivity index (χ2v) is 12.2. The molecule has 5 atom stereocenters. The van der Waals surface area contributed by atoms with E-state index in [-0.39, 0.29) is 57.1 Å². The fraction of sp³-hybridized carbons (Fsp3) is 0.724. The number of carboxylic acid groups (broad SMARTS) is 1. The molecule has 0 spiro atoms. The Kier molecular flexibility index (Phi) is 15.8. The Labute approximate surface area is 273 Å². The predicted molar refractivity (Wildman–Crippen MR) is 170 cm³/mol. The summed E-state index contributed by atoms with van der Waals surface area (Å²) in [7, 11) is 0. The van der Waals surface area contributed by atoms with Crippen LogP contribution in [0.15, 0.2) is 4.99 Å². The van der Waals surface area contributed by atoms with E-state index in [0.29, 0.717) is 25.8 Å². The average Bonchev–Trinajstić information content (AvgIpc) is 3.49. The highest BCUT2D eigenvalue weighted by atomic mass is 16.4. The van der Waals surface area contributed by atoms with Crippen LogP contribution in [0.3, 0.4) is 0 Å². The Morgan fingerprint density at radius 2 is 1.49 bits per heavy atom. The van der Waals surface area contributed by atoms with Gasteiger partial charge in [-0.3, -0.25) is 38.6 Å². The maximum absolute atomic E-state index is 13.6. The van der Waals surface area contributed by atoms with Crippen molar-refractivity contribution in [3.8, 4) is 0 Å². The van der Waals surface area contributed by atoms with Crippen LogP contribution in [0.2, 0.25) is 0 Å². The molecule has 2 aliphatic heterocycles. The Morgan fingerprint density at radius 1 is 0.872 bits per heavy atom. The van der Waals surface area contributed by atoms with Crippen molar-refractivity contribution in [2.75, 3.05) is 26.2 Å². The van der Waals surface area contributed by atoms with E-state index in [4.69, 9.17) is 17.2 Å². The summed E-state index contributed by atoms with van der Waals surface area (Å²) in [6.45, 7) is 3.70. The number of nitrogens with one attached hydrogen (secondary N) is 5. The molecule has 2 fully saturated rings. The fourth-order valence-corrected chi connectivity index (χ4v) is 5.46. The smallest absolute Gasteiger partial charge is 0.305 e. The molecule has 0 radical (unpaired) electrons. The van der Waals surface area contributed by atoms with Gasteiger partial charge in [-0.2, -0.15) is 0 Å². The van der Waals surface area contributed by atoms with Gasteiger partial charge in [-0.05, 0) is 63.8 Å². The summed E-state index contributed by atoms with van der Waals surface area (Å²) in [6, 6.07) is -5.87. The molecule has 0 aliphatic carbocycles. The van der Waals surface area contributed by atoms with E-state index in [1.54, 1.807) is 0 Å². The van der Waals surface area contributed by atoms with Gasteiger partial charge in [0.15, 0.2) is 5.96 Å². The summed E-state index contributed by atoms with van der Waals surface area (Å²) < 4.78 is 0. The van der Waals surface area contributed by atoms with Crippen molar-refractivity contribution in [2.24, 2.45) is 28.1 Å². The van der Waals surface area contributed by atoms with Crippen molar-refractivity contribution in [1.29, 1.82) is 0 Å². The molecule has 2 aliphatic rings. The van der Waals surface area contributed by atoms with Crippen LogP contribution >= 0.6 is 0 Å². The van der Waals surface area contributed by atoms with E-state index in [9.17, 15) is 38.7 Å². The molecule has 0 saturated carbocycles. The first-order valence-electron chi connectivity index (χ1n) is 16.0. The number of amides is 6. The average molecular weight is 667 g/mol. The molecule has 47 heavy (non-hydrogen) atoms. The number of rotatable bonds is 12. The molecule has 6 amide bonds. The van der Waals surface area contributed by atoms with E-state index in [1.165, 1.54) is 4.90 Å². The van der Waals surface area contributed by atoms with Crippen LogP contribution in [0.5, 0.6) is 0 Å². The van der Waals surface area contributed by atoms with Gasteiger partial charge in [-0.15, -0.1) is 0 Å². The fourth-order valence-electron chi connectivity index (χ4n) is 5.46. The number of guanidine groups is 1. The number of fused-ring (bicyclic) bond motifs is 1. The zero-order valence-corrected chi connectivity index (χ0v) is 27.1. The third-order valence-corrected chi connectivity index (χ3v) is 7.77. The molecule has 264 valence electrons. The van der Waals surface area contributed by atoms with Crippen molar-refractivity contribution < 1.29 is 38.7 Å². The number of carboxylic acids is 1. The van der Waals surface area contributed by atoms with Gasteiger partial charge in [0, 0.05) is 13.1 Å². The zero-order chi connectivity index (χ0) is 35.1. The highest BCUT2D eigenvalue weighted by Gasteiger charge is 2.40. The Morgan fingerprint density at radius 3 is 2.11 bits per heavy atom. The first-order chi connectivity index (χ1) is 22.2. The normalized spacial score (nSPS) is 25.0. The predicted octanol–water partition coefficient (Wildman–Crippen LogP) is -3.25. The lowest BCUT2D eigenvalue weighted by Crippen LogP contribution is -2.60. The van der Waals surface area contributed by atoms with Crippen molar-refractivity contribution in [2.45, 2.75) is 102 Å². The summed E-state index contributed by atoms with van der Waals surface area (Å²) in [5, 5.41) is 22.3. The third kappa shape index (κ3) is 13.0. The Bertz CT molecular complexity index is 1180. The largest absolute Gasteiger partial charge is 0.481 e. The lowest BCUT2D eigenvalue weighted by Gasteiger charge is -2.30. The molecule has 0 bridgehead atoms. The molecule has 2 saturated heterocycles. The number of aliphatic carboxylic acids is 1. The summed E-state index contributed by atoms with van der Waals surface area (Å²) in [6.07, 6.45) is 1.70. The van der Waals surface area contributed by atoms with E-state index < -0.39 is 84.6 Å². The van der Waals surface area contributed by atoms with Crippen LogP contribution < -0.4 is 43.8 Å². The standard InChI is InChI=1S/C29H50N10O8/c1-16(2)13-19-26(45)37-18(7-3-4-10-30)25(44)36-17(8-5-11-33-29(31)32)24(43)34-15-22(40)35-20(14-23(41)42)28(47)39-12-6-9-21(39)27(46)38-19/h16-21H,3-15,30H2,1-2H3,(H,34,43)(H,35,40)(H,36,44)(H,37,45)(H,38,46)(H,41,42)(H4,31,32,33)/t17-,18-,19-,20-,21-/m0/s1. The van der Waals surface area contributed by atoms with Gasteiger partial charge in [-0.25, -0.2) is 0 Å². The zero-order valence-electron chi connectivity index (χ0n) is 27.1. The SMILES string of the molecule is CC(C)C[C@@H]1NC(=O)[C@@H]2CCCN2C(=O)[C@H](CC(=O)O)NC(=O)CNC(=O)[C@H](CCCN=C(N)N)NC(=O)[C@H](CCCCN)NC1=O. The first-order valence-corrected chi connectivity index (χ1v) is 16.0. The number of unbranched alkanes of at least 4 members (excludes halogenated alkanes) is 1. The summed E-state index contributed by atoms with van der Waals surface area (Å²) in [5.74, 6) is -5.84. The van der Waals surface area contributed by atoms with Crippen LogP contribution in [-0.4, -0.2) is 114 Å². The molecule has 2 heterocycles. The Hall–Kier alpha value is -4.48. The number of nitrogens with two attached hydrogens (primary N) is 3. The molecule has 0 aromatic carbocycles. The summed E-state index contributed by atoms with van der Waals surface area (Å²) >= 11 is 0. The van der Waals surface area contributed by atoms with Crippen LogP contribution in [0.25, 0.3) is 0 Å². The second kappa shape index (κ2) is 19.2. The lowest BCUT2D eigenvalue weighted by atomic mass is 10.0. The van der Waals surface area contributed by atoms with E-state index in [0.717, 1.165) is 0 Å². The monoisotopic (exact) mass is 666 g/mol. The summed E-state index contributed by atoms with van der Waals surface area (Å²) in [5.41, 5.74) is 16.4. The van der Waals surface area contributed by atoms with Crippen molar-refractivity contribution in [3.63, 3.8) is 0 Å². The highest BCUT2D eigenvalue weighted by molar-refractivity contribution is 5.98. The number of carbonyl (C=O) groups excluding carboxylic acids is 6. The molecule has 0 aromatic heterocycles. The van der Waals surface area contributed by atoms with Crippen LogP contribution in [0, 0.1) is 5.92 Å². The van der Waals surface area contributed by atoms with Gasteiger partial charge in [0.2, 0.25) is 35.4 Å². The van der Waals surface area contributed by atoms with Gasteiger partial charge >= 0.3 is 5.97 Å². The minimum Gasteiger partial charge on any atom is -0.481 e. The van der Waals surface area contributed by atoms with Gasteiger partial charge in [0.25, 0.3) is 0 Å². The van der Waals surface area contributed by atoms with Gasteiger partial charge in [0.05, 0.1) is 13.0 Å². The maximum atomic E-state index is 13.6. The molecule has 18 nitrogen and oxygen atoms in total. The van der Waals surface area contributed by atoms with E-state index in [1.807, 2.05) is 13.8 Å². The van der Waals surface area contributed by atoms with Crippen LogP contribution in [0.1, 0.15) is 71.6 Å². The van der Waals surface area contributed by atoms with Gasteiger partial charge in [-0.1, -0.05) is 13.8 Å². The quantitative estimate of drug-likeness (QED) is 0.0566. The number of nitrogens with zero attached hydrogens (tertiary/aromatic N) is 2. The molecule has 0 unspecified atom stereocenters. The van der Waals surface area contributed by atoms with Crippen LogP contribution in [-0.2, 0) is 33.6 Å². The maximum Gasteiger partial charge on any atom is 0.305 e. The van der Waals surface area contributed by atoms with Crippen molar-refractivity contribution in [3.05, 3.63) is 0 Å². The third-order valence-electron chi connectivity index (χ3n) is 7.77. The Balaban J connectivity index is 2.49. The highest BCUT2D eigenvalue weighted by Crippen LogP contribution is 2.20. The molecular weight excluding hydrogens is 616 g/mol. The van der Waals surface area contributed by atoms with E-state index in [2.05, 4.69) is 31.6 Å². The van der Waals surface area contributed by atoms with Crippen molar-refractivity contribution >= 4 is 47.4 Å². The van der Waals surface area contributed by atoms with Crippen molar-refractivity contribution in [1.82, 2.24) is 31.5 Å².